The second-order valence-corrected chi connectivity index (χ2v) is 7.54. The van der Waals surface area contributed by atoms with Crippen molar-refractivity contribution in [2.75, 3.05) is 16.8 Å². The second-order valence-electron chi connectivity index (χ2n) is 6.62. The molecule has 0 aliphatic carbocycles. The van der Waals surface area contributed by atoms with Gasteiger partial charge in [-0.3, -0.25) is 9.59 Å². The van der Waals surface area contributed by atoms with Gasteiger partial charge in [-0.15, -0.1) is 0 Å². The van der Waals surface area contributed by atoms with Crippen molar-refractivity contribution in [3.05, 3.63) is 57.6 Å². The van der Waals surface area contributed by atoms with Gasteiger partial charge in [0.2, 0.25) is 11.8 Å². The standard InChI is InChI=1S/C20H21BrN2O2/c1-12-4-6-17(9-13(12)2)23-11-15(10-19(23)24)20(25)22-18-7-5-16(21)8-14(18)3/h4-9,15H,10-11H2,1-3H3,(H,22,25)/t15-/m1/s1. The summed E-state index contributed by atoms with van der Waals surface area (Å²) >= 11 is 3.42. The molecule has 1 fully saturated rings. The van der Waals surface area contributed by atoms with Gasteiger partial charge in [-0.1, -0.05) is 22.0 Å². The molecule has 1 N–H and O–H groups in total. The lowest BCUT2D eigenvalue weighted by molar-refractivity contribution is -0.122. The molecule has 1 atom stereocenters. The molecule has 2 amide bonds. The van der Waals surface area contributed by atoms with E-state index in [0.29, 0.717) is 6.54 Å². The summed E-state index contributed by atoms with van der Waals surface area (Å²) in [6.07, 6.45) is 0.244. The van der Waals surface area contributed by atoms with Crippen molar-refractivity contribution in [2.24, 2.45) is 5.92 Å². The molecule has 5 heteroatoms. The summed E-state index contributed by atoms with van der Waals surface area (Å²) in [6.45, 7) is 6.44. The number of hydrogen-bond donors (Lipinski definition) is 1. The van der Waals surface area contributed by atoms with Crippen LogP contribution in [0.15, 0.2) is 40.9 Å². The molecule has 3 rings (SSSR count). The van der Waals surface area contributed by atoms with Crippen LogP contribution in [-0.4, -0.2) is 18.4 Å². The van der Waals surface area contributed by atoms with Gasteiger partial charge < -0.3 is 10.2 Å². The van der Waals surface area contributed by atoms with Crippen LogP contribution < -0.4 is 10.2 Å². The Kier molecular flexibility index (Phi) is 4.95. The fraction of sp³-hybridized carbons (Fsp3) is 0.300. The number of rotatable bonds is 3. The fourth-order valence-electron chi connectivity index (χ4n) is 3.03. The lowest BCUT2D eigenvalue weighted by atomic mass is 10.1. The molecule has 2 aromatic rings. The fourth-order valence-corrected chi connectivity index (χ4v) is 3.50. The van der Waals surface area contributed by atoms with Crippen molar-refractivity contribution in [1.82, 2.24) is 0 Å². The largest absolute Gasteiger partial charge is 0.326 e. The van der Waals surface area contributed by atoms with Gasteiger partial charge in [0, 0.05) is 28.8 Å². The minimum absolute atomic E-state index is 0.00377. The molecular formula is C20H21BrN2O2. The first kappa shape index (κ1) is 17.7. The summed E-state index contributed by atoms with van der Waals surface area (Å²) in [5.74, 6) is -0.446. The number of carbonyl (C=O) groups excluding carboxylic acids is 2. The van der Waals surface area contributed by atoms with Crippen molar-refractivity contribution in [2.45, 2.75) is 27.2 Å². The molecule has 0 bridgehead atoms. The molecule has 1 heterocycles. The summed E-state index contributed by atoms with van der Waals surface area (Å²) in [7, 11) is 0. The van der Waals surface area contributed by atoms with Crippen LogP contribution in [-0.2, 0) is 9.59 Å². The lowest BCUT2D eigenvalue weighted by Gasteiger charge is -2.18. The van der Waals surface area contributed by atoms with Crippen molar-refractivity contribution in [3.63, 3.8) is 0 Å². The van der Waals surface area contributed by atoms with Crippen LogP contribution in [0, 0.1) is 26.7 Å². The van der Waals surface area contributed by atoms with E-state index in [1.807, 2.05) is 57.2 Å². The van der Waals surface area contributed by atoms with Crippen molar-refractivity contribution in [3.8, 4) is 0 Å². The number of anilines is 2. The summed E-state index contributed by atoms with van der Waals surface area (Å²) < 4.78 is 0.972. The Morgan fingerprint density at radius 3 is 2.52 bits per heavy atom. The number of benzene rings is 2. The molecule has 1 aliphatic heterocycles. The number of hydrogen-bond acceptors (Lipinski definition) is 2. The Bertz CT molecular complexity index is 848. The molecule has 0 aromatic heterocycles. The van der Waals surface area contributed by atoms with Crippen molar-refractivity contribution >= 4 is 39.1 Å². The van der Waals surface area contributed by atoms with E-state index in [9.17, 15) is 9.59 Å². The van der Waals surface area contributed by atoms with Gasteiger partial charge in [0.15, 0.2) is 0 Å². The molecule has 130 valence electrons. The zero-order chi connectivity index (χ0) is 18.1. The quantitative estimate of drug-likeness (QED) is 0.831. The Morgan fingerprint density at radius 1 is 1.08 bits per heavy atom. The average Bonchev–Trinajstić information content (AvgIpc) is 2.95. The zero-order valence-electron chi connectivity index (χ0n) is 14.6. The summed E-state index contributed by atoms with van der Waals surface area (Å²) in [6, 6.07) is 11.7. The molecule has 0 unspecified atom stereocenters. The highest BCUT2D eigenvalue weighted by molar-refractivity contribution is 9.10. The minimum atomic E-state index is -0.336. The number of nitrogens with one attached hydrogen (secondary N) is 1. The van der Waals surface area contributed by atoms with Crippen LogP contribution in [0.4, 0.5) is 11.4 Å². The van der Waals surface area contributed by atoms with Crippen molar-refractivity contribution in [1.29, 1.82) is 0 Å². The highest BCUT2D eigenvalue weighted by Crippen LogP contribution is 2.28. The Labute approximate surface area is 156 Å². The van der Waals surface area contributed by atoms with Gasteiger partial charge in [0.1, 0.15) is 0 Å². The van der Waals surface area contributed by atoms with Gasteiger partial charge in [-0.05, 0) is 67.8 Å². The molecule has 2 aromatic carbocycles. The van der Waals surface area contributed by atoms with Crippen molar-refractivity contribution < 1.29 is 9.59 Å². The maximum Gasteiger partial charge on any atom is 0.229 e. The molecule has 0 spiro atoms. The van der Waals surface area contributed by atoms with Crippen LogP contribution in [0.2, 0.25) is 0 Å². The van der Waals surface area contributed by atoms with E-state index in [0.717, 1.165) is 27.0 Å². The first-order valence-electron chi connectivity index (χ1n) is 8.30. The van der Waals surface area contributed by atoms with Gasteiger partial charge in [-0.25, -0.2) is 0 Å². The maximum atomic E-state index is 12.6. The first-order valence-corrected chi connectivity index (χ1v) is 9.09. The van der Waals surface area contributed by atoms with E-state index in [4.69, 9.17) is 0 Å². The van der Waals surface area contributed by atoms with E-state index in [2.05, 4.69) is 21.2 Å². The van der Waals surface area contributed by atoms with Crippen LogP contribution in [0.25, 0.3) is 0 Å². The second kappa shape index (κ2) is 7.00. The van der Waals surface area contributed by atoms with Crippen LogP contribution in [0.1, 0.15) is 23.1 Å². The van der Waals surface area contributed by atoms with Gasteiger partial charge >= 0.3 is 0 Å². The van der Waals surface area contributed by atoms with E-state index < -0.39 is 0 Å². The Morgan fingerprint density at radius 2 is 1.84 bits per heavy atom. The monoisotopic (exact) mass is 400 g/mol. The minimum Gasteiger partial charge on any atom is -0.326 e. The number of halogens is 1. The smallest absolute Gasteiger partial charge is 0.229 e. The van der Waals surface area contributed by atoms with Crippen LogP contribution in [0.3, 0.4) is 0 Å². The molecule has 0 radical (unpaired) electrons. The zero-order valence-corrected chi connectivity index (χ0v) is 16.2. The number of aryl methyl sites for hydroxylation is 3. The van der Waals surface area contributed by atoms with E-state index in [1.165, 1.54) is 5.56 Å². The van der Waals surface area contributed by atoms with E-state index >= 15 is 0 Å². The molecule has 4 nitrogen and oxygen atoms in total. The summed E-state index contributed by atoms with van der Waals surface area (Å²) in [5, 5.41) is 2.95. The number of nitrogens with zero attached hydrogens (tertiary/aromatic N) is 1. The van der Waals surface area contributed by atoms with E-state index in [1.54, 1.807) is 4.90 Å². The number of carbonyl (C=O) groups is 2. The summed E-state index contributed by atoms with van der Waals surface area (Å²) in [4.78, 5) is 26.7. The van der Waals surface area contributed by atoms with Gasteiger partial charge in [0.25, 0.3) is 0 Å². The third-order valence-corrected chi connectivity index (χ3v) is 5.24. The molecule has 1 saturated heterocycles. The third-order valence-electron chi connectivity index (χ3n) is 4.74. The Balaban J connectivity index is 1.73. The van der Waals surface area contributed by atoms with E-state index in [-0.39, 0.29) is 24.2 Å². The summed E-state index contributed by atoms with van der Waals surface area (Å²) in [5.41, 5.74) is 4.96. The highest BCUT2D eigenvalue weighted by atomic mass is 79.9. The normalized spacial score (nSPS) is 17.0. The predicted octanol–water partition coefficient (Wildman–Crippen LogP) is 4.37. The lowest BCUT2D eigenvalue weighted by Crippen LogP contribution is -2.28. The molecule has 0 saturated carbocycles. The first-order chi connectivity index (χ1) is 11.8. The topological polar surface area (TPSA) is 49.4 Å². The molecule has 25 heavy (non-hydrogen) atoms. The molecule has 1 aliphatic rings. The van der Waals surface area contributed by atoms with Crippen LogP contribution in [0.5, 0.6) is 0 Å². The average molecular weight is 401 g/mol. The SMILES string of the molecule is Cc1ccc(N2C[C@H](C(=O)Nc3ccc(Br)cc3C)CC2=O)cc1C. The maximum absolute atomic E-state index is 12.6. The third kappa shape index (κ3) is 3.76. The highest BCUT2D eigenvalue weighted by Gasteiger charge is 2.35. The van der Waals surface area contributed by atoms with Gasteiger partial charge in [0.05, 0.1) is 5.92 Å². The Hall–Kier alpha value is -2.14. The van der Waals surface area contributed by atoms with Gasteiger partial charge in [-0.2, -0.15) is 0 Å². The van der Waals surface area contributed by atoms with Crippen LogP contribution >= 0.6 is 15.9 Å². The predicted molar refractivity (Wildman–Crippen MR) is 104 cm³/mol. The molecular weight excluding hydrogens is 380 g/mol. The number of amides is 2.